The first kappa shape index (κ1) is 37.6. The van der Waals surface area contributed by atoms with E-state index in [1.54, 1.807) is 0 Å². The highest BCUT2D eigenvalue weighted by atomic mass is 15.0. The molecule has 0 amide bonds. The second-order valence-corrected chi connectivity index (χ2v) is 16.8. The third-order valence-corrected chi connectivity index (χ3v) is 13.0. The summed E-state index contributed by atoms with van der Waals surface area (Å²) in [4.78, 5) is 15.1. The number of hydrogen-bond donors (Lipinski definition) is 0. The van der Waals surface area contributed by atoms with E-state index in [-0.39, 0.29) is 0 Å². The molecule has 0 atom stereocenters. The number of para-hydroxylation sites is 2. The van der Waals surface area contributed by atoms with Crippen LogP contribution in [0.1, 0.15) is 0 Å². The lowest BCUT2D eigenvalue weighted by Crippen LogP contribution is -2.01. The normalized spacial score (nSPS) is 11.6. The van der Waals surface area contributed by atoms with Gasteiger partial charge in [0.25, 0.3) is 0 Å². The van der Waals surface area contributed by atoms with Crippen molar-refractivity contribution >= 4 is 54.4 Å². The van der Waals surface area contributed by atoms with E-state index in [0.29, 0.717) is 17.5 Å². The van der Waals surface area contributed by atoms with E-state index >= 15 is 0 Å². The van der Waals surface area contributed by atoms with Crippen LogP contribution in [0.2, 0.25) is 0 Å². The molecule has 0 radical (unpaired) electrons. The molecule has 0 fully saturated rings. The zero-order chi connectivity index (χ0) is 43.6. The maximum atomic E-state index is 5.06. The summed E-state index contributed by atoms with van der Waals surface area (Å²) in [6.07, 6.45) is 0. The fraction of sp³-hybridized carbons (Fsp3) is 0. The second-order valence-electron chi connectivity index (χ2n) is 16.8. The topological polar surface area (TPSA) is 48.5 Å². The Balaban J connectivity index is 0.922. The first-order valence-electron chi connectivity index (χ1n) is 22.3. The summed E-state index contributed by atoms with van der Waals surface area (Å²) in [6, 6.07) is 84.2. The number of benzene rings is 10. The molecule has 5 nitrogen and oxygen atoms in total. The minimum absolute atomic E-state index is 0.624. The molecular weight excluding hydrogens is 803 g/mol. The molecule has 0 aliphatic carbocycles. The van der Waals surface area contributed by atoms with Crippen LogP contribution in [-0.4, -0.2) is 24.1 Å². The number of rotatable bonds is 7. The van der Waals surface area contributed by atoms with Crippen molar-refractivity contribution < 1.29 is 0 Å². The van der Waals surface area contributed by atoms with Crippen molar-refractivity contribution in [3.8, 4) is 67.8 Å². The zero-order valence-corrected chi connectivity index (χ0v) is 35.8. The largest absolute Gasteiger partial charge is 0.309 e. The van der Waals surface area contributed by atoms with Crippen LogP contribution in [0, 0.1) is 0 Å². The third kappa shape index (κ3) is 6.28. The van der Waals surface area contributed by atoms with Gasteiger partial charge in [0.05, 0.1) is 22.1 Å². The molecule has 10 aromatic carbocycles. The Kier molecular flexibility index (Phi) is 8.78. The van der Waals surface area contributed by atoms with Gasteiger partial charge in [-0.05, 0) is 87.6 Å². The van der Waals surface area contributed by atoms with E-state index in [9.17, 15) is 0 Å². The van der Waals surface area contributed by atoms with Gasteiger partial charge in [-0.15, -0.1) is 0 Å². The van der Waals surface area contributed by atoms with Crippen LogP contribution < -0.4 is 0 Å². The summed E-state index contributed by atoms with van der Waals surface area (Å²) in [7, 11) is 0. The van der Waals surface area contributed by atoms with E-state index in [0.717, 1.165) is 50.2 Å². The average molecular weight is 842 g/mol. The highest BCUT2D eigenvalue weighted by Gasteiger charge is 2.18. The van der Waals surface area contributed by atoms with Crippen molar-refractivity contribution in [2.24, 2.45) is 0 Å². The molecule has 66 heavy (non-hydrogen) atoms. The molecule has 13 aromatic rings. The van der Waals surface area contributed by atoms with Gasteiger partial charge in [0.2, 0.25) is 0 Å². The van der Waals surface area contributed by atoms with Crippen molar-refractivity contribution in [3.05, 3.63) is 237 Å². The van der Waals surface area contributed by atoms with Gasteiger partial charge in [0.15, 0.2) is 17.5 Å². The highest BCUT2D eigenvalue weighted by Crippen LogP contribution is 2.39. The molecule has 0 N–H and O–H groups in total. The van der Waals surface area contributed by atoms with E-state index in [1.165, 1.54) is 54.5 Å². The predicted octanol–water partition coefficient (Wildman–Crippen LogP) is 15.6. The monoisotopic (exact) mass is 841 g/mol. The fourth-order valence-corrected chi connectivity index (χ4v) is 9.85. The molecule has 0 bridgehead atoms. The number of hydrogen-bond acceptors (Lipinski definition) is 3. The Labute approximate surface area is 381 Å². The maximum Gasteiger partial charge on any atom is 0.164 e. The molecule has 0 saturated heterocycles. The Morgan fingerprint density at radius 2 is 0.727 bits per heavy atom. The highest BCUT2D eigenvalue weighted by molar-refractivity contribution is 6.12. The second kappa shape index (κ2) is 15.4. The van der Waals surface area contributed by atoms with Crippen molar-refractivity contribution in [1.82, 2.24) is 24.1 Å². The van der Waals surface area contributed by atoms with Gasteiger partial charge in [0.1, 0.15) is 0 Å². The molecule has 5 heteroatoms. The summed E-state index contributed by atoms with van der Waals surface area (Å²) >= 11 is 0. The van der Waals surface area contributed by atoms with Crippen molar-refractivity contribution in [2.45, 2.75) is 0 Å². The number of nitrogens with zero attached hydrogens (tertiary/aromatic N) is 5. The molecule has 13 rings (SSSR count). The lowest BCUT2D eigenvalue weighted by Gasteiger charge is -2.12. The summed E-state index contributed by atoms with van der Waals surface area (Å²) in [5, 5.41) is 7.35. The fourth-order valence-electron chi connectivity index (χ4n) is 9.85. The maximum absolute atomic E-state index is 5.06. The summed E-state index contributed by atoms with van der Waals surface area (Å²) < 4.78 is 4.77. The van der Waals surface area contributed by atoms with Gasteiger partial charge in [-0.25, -0.2) is 15.0 Å². The number of fused-ring (bicyclic) bond motifs is 7. The molecular formula is C61H39N5. The molecule has 308 valence electrons. The van der Waals surface area contributed by atoms with E-state index in [1.807, 2.05) is 60.7 Å². The molecule has 0 aliphatic rings. The smallest absolute Gasteiger partial charge is 0.164 e. The van der Waals surface area contributed by atoms with Crippen LogP contribution in [0.25, 0.3) is 122 Å². The molecule has 0 aliphatic heterocycles. The summed E-state index contributed by atoms with van der Waals surface area (Å²) in [6.45, 7) is 0. The molecule has 3 aromatic heterocycles. The van der Waals surface area contributed by atoms with Gasteiger partial charge in [-0.1, -0.05) is 182 Å². The predicted molar refractivity (Wildman–Crippen MR) is 273 cm³/mol. The van der Waals surface area contributed by atoms with E-state index in [4.69, 9.17) is 15.0 Å². The van der Waals surface area contributed by atoms with E-state index < -0.39 is 0 Å². The van der Waals surface area contributed by atoms with Crippen LogP contribution in [0.5, 0.6) is 0 Å². The molecule has 3 heterocycles. The Hall–Kier alpha value is -8.93. The molecule has 0 saturated carbocycles. The van der Waals surface area contributed by atoms with Crippen LogP contribution >= 0.6 is 0 Å². The minimum Gasteiger partial charge on any atom is -0.309 e. The van der Waals surface area contributed by atoms with Crippen molar-refractivity contribution in [3.63, 3.8) is 0 Å². The van der Waals surface area contributed by atoms with Crippen LogP contribution in [-0.2, 0) is 0 Å². The van der Waals surface area contributed by atoms with Gasteiger partial charge in [-0.2, -0.15) is 0 Å². The first-order chi connectivity index (χ1) is 32.7. The number of aromatic nitrogens is 5. The lowest BCUT2D eigenvalue weighted by atomic mass is 9.98. The van der Waals surface area contributed by atoms with E-state index in [2.05, 4.69) is 185 Å². The van der Waals surface area contributed by atoms with Gasteiger partial charge < -0.3 is 9.13 Å². The standard InChI is InChI=1S/C61H39N5/c1-3-16-42(17-4-1)59-62-60(43-18-5-2-6-19-43)64-61(63-59)46-21-13-22-48(37-46)66-55-27-11-9-24-51(55)53-35-31-45(39-58(53)66)44-32-36-57-54(38-44)52-25-10-12-28-56(52)65(57)47-33-29-41(30-34-47)50-26-14-20-40-15-7-8-23-49(40)50/h1-39H. The Morgan fingerprint density at radius 3 is 1.44 bits per heavy atom. The van der Waals surface area contributed by atoms with Gasteiger partial charge in [-0.3, -0.25) is 0 Å². The third-order valence-electron chi connectivity index (χ3n) is 13.0. The first-order valence-corrected chi connectivity index (χ1v) is 22.3. The zero-order valence-electron chi connectivity index (χ0n) is 35.8. The van der Waals surface area contributed by atoms with Crippen molar-refractivity contribution in [2.75, 3.05) is 0 Å². The average Bonchev–Trinajstić information content (AvgIpc) is 3.91. The van der Waals surface area contributed by atoms with Crippen LogP contribution in [0.15, 0.2) is 237 Å². The SMILES string of the molecule is c1ccc(-c2nc(-c3ccccc3)nc(-c3cccc(-n4c5ccccc5c5ccc(-c6ccc7c(c6)c6ccccc6n7-c6ccc(-c7cccc8ccccc78)cc6)cc54)c3)n2)cc1. The molecule has 0 spiro atoms. The van der Waals surface area contributed by atoms with Crippen molar-refractivity contribution in [1.29, 1.82) is 0 Å². The lowest BCUT2D eigenvalue weighted by molar-refractivity contribution is 1.07. The Morgan fingerprint density at radius 1 is 0.242 bits per heavy atom. The van der Waals surface area contributed by atoms with Gasteiger partial charge in [0, 0.05) is 49.6 Å². The minimum atomic E-state index is 0.624. The van der Waals surface area contributed by atoms with Crippen LogP contribution in [0.3, 0.4) is 0 Å². The van der Waals surface area contributed by atoms with Crippen LogP contribution in [0.4, 0.5) is 0 Å². The summed E-state index contributed by atoms with van der Waals surface area (Å²) in [5.74, 6) is 1.90. The Bertz CT molecular complexity index is 3920. The van der Waals surface area contributed by atoms with Gasteiger partial charge >= 0.3 is 0 Å². The quantitative estimate of drug-likeness (QED) is 0.161. The summed E-state index contributed by atoms with van der Waals surface area (Å²) in [5.41, 5.74) is 14.4. The molecule has 0 unspecified atom stereocenters.